The average molecular weight is 400 g/mol. The third-order valence-electron chi connectivity index (χ3n) is 3.81. The van der Waals surface area contributed by atoms with Gasteiger partial charge in [-0.25, -0.2) is 0 Å². The lowest BCUT2D eigenvalue weighted by Crippen LogP contribution is -2.33. The third-order valence-corrected chi connectivity index (χ3v) is 4.30. The number of nitrogens with zero attached hydrogens (tertiary/aromatic N) is 1. The van der Waals surface area contributed by atoms with Crippen LogP contribution in [-0.2, 0) is 16.1 Å². The van der Waals surface area contributed by atoms with Crippen LogP contribution in [0, 0.1) is 0 Å². The Morgan fingerprint density at radius 2 is 1.54 bits per heavy atom. The van der Waals surface area contributed by atoms with Gasteiger partial charge in [-0.2, -0.15) is 13.2 Å². The first kappa shape index (κ1) is 18.5. The van der Waals surface area contributed by atoms with Crippen LogP contribution in [0.2, 0.25) is 10.0 Å². The van der Waals surface area contributed by atoms with E-state index in [-0.39, 0.29) is 12.1 Å². The zero-order valence-electron chi connectivity index (χ0n) is 13.0. The number of imide groups is 1. The number of rotatable bonds is 3. The molecule has 0 saturated carbocycles. The molecule has 0 unspecified atom stereocenters. The Hall–Kier alpha value is -2.31. The van der Waals surface area contributed by atoms with Gasteiger partial charge in [-0.1, -0.05) is 47.5 Å². The van der Waals surface area contributed by atoms with Gasteiger partial charge in [-0.3, -0.25) is 14.5 Å². The summed E-state index contributed by atoms with van der Waals surface area (Å²) < 4.78 is 40.4. The van der Waals surface area contributed by atoms with Gasteiger partial charge in [-0.15, -0.1) is 0 Å². The van der Waals surface area contributed by atoms with Crippen LogP contribution in [-0.4, -0.2) is 22.9 Å². The van der Waals surface area contributed by atoms with Crippen molar-refractivity contribution in [3.8, 4) is 0 Å². The Balaban J connectivity index is 2.05. The van der Waals surface area contributed by atoms with E-state index in [1.165, 1.54) is 30.3 Å². The maximum Gasteiger partial charge on any atom is 0.422 e. The SMILES string of the molecule is O=C1C(c2ccc(Cl)cc2)=C(C(F)(F)F)C(=O)N1Cc1cccc(Cl)c1. The Bertz CT molecular complexity index is 921. The molecule has 0 N–H and O–H groups in total. The van der Waals surface area contributed by atoms with Crippen molar-refractivity contribution in [1.29, 1.82) is 0 Å². The molecular weight excluding hydrogens is 390 g/mol. The van der Waals surface area contributed by atoms with Gasteiger partial charge in [0.25, 0.3) is 11.8 Å². The molecule has 0 aliphatic carbocycles. The van der Waals surface area contributed by atoms with Crippen LogP contribution in [0.5, 0.6) is 0 Å². The van der Waals surface area contributed by atoms with Gasteiger partial charge in [0, 0.05) is 10.0 Å². The minimum Gasteiger partial charge on any atom is -0.270 e. The van der Waals surface area contributed by atoms with E-state index in [4.69, 9.17) is 23.2 Å². The summed E-state index contributed by atoms with van der Waals surface area (Å²) in [4.78, 5) is 25.6. The van der Waals surface area contributed by atoms with Crippen molar-refractivity contribution in [2.45, 2.75) is 12.7 Å². The lowest BCUT2D eigenvalue weighted by Gasteiger charge is -2.16. The van der Waals surface area contributed by atoms with Crippen LogP contribution in [0.3, 0.4) is 0 Å². The molecule has 1 aliphatic heterocycles. The standard InChI is InChI=1S/C18H10Cl2F3NO2/c19-12-6-4-11(5-7-12)14-15(18(21,22)23)17(26)24(16(14)25)9-10-2-1-3-13(20)8-10/h1-8H,9H2. The molecule has 26 heavy (non-hydrogen) atoms. The molecule has 1 heterocycles. The quantitative estimate of drug-likeness (QED) is 0.689. The third kappa shape index (κ3) is 3.48. The Morgan fingerprint density at radius 3 is 2.12 bits per heavy atom. The maximum atomic E-state index is 13.5. The highest BCUT2D eigenvalue weighted by molar-refractivity contribution is 6.36. The second-order valence-corrected chi connectivity index (χ2v) is 6.45. The van der Waals surface area contributed by atoms with Crippen LogP contribution in [0.4, 0.5) is 13.2 Å². The number of hydrogen-bond acceptors (Lipinski definition) is 2. The smallest absolute Gasteiger partial charge is 0.270 e. The van der Waals surface area contributed by atoms with Crippen LogP contribution < -0.4 is 0 Å². The predicted molar refractivity (Wildman–Crippen MR) is 91.4 cm³/mol. The first-order chi connectivity index (χ1) is 12.2. The lowest BCUT2D eigenvalue weighted by atomic mass is 10.0. The van der Waals surface area contributed by atoms with Crippen molar-refractivity contribution in [2.75, 3.05) is 0 Å². The second kappa shape index (κ2) is 6.78. The summed E-state index contributed by atoms with van der Waals surface area (Å²) in [5.74, 6) is -2.39. The minimum absolute atomic E-state index is 0.0198. The van der Waals surface area contributed by atoms with E-state index < -0.39 is 29.1 Å². The molecule has 0 saturated heterocycles. The molecule has 0 spiro atoms. The van der Waals surface area contributed by atoms with Gasteiger partial charge in [0.2, 0.25) is 0 Å². The molecule has 2 aromatic rings. The number of benzene rings is 2. The van der Waals surface area contributed by atoms with Gasteiger partial charge in [-0.05, 0) is 35.4 Å². The normalized spacial score (nSPS) is 15.2. The Kier molecular flexibility index (Phi) is 4.82. The van der Waals surface area contributed by atoms with E-state index in [0.717, 1.165) is 0 Å². The fraction of sp³-hybridized carbons (Fsp3) is 0.111. The highest BCUT2D eigenvalue weighted by Gasteiger charge is 2.51. The summed E-state index contributed by atoms with van der Waals surface area (Å²) in [5.41, 5.74) is -1.74. The van der Waals surface area contributed by atoms with Crippen molar-refractivity contribution < 1.29 is 22.8 Å². The number of carbonyl (C=O) groups is 2. The minimum atomic E-state index is -4.97. The summed E-state index contributed by atoms with van der Waals surface area (Å²) >= 11 is 11.6. The maximum absolute atomic E-state index is 13.5. The second-order valence-electron chi connectivity index (χ2n) is 5.58. The average Bonchev–Trinajstić information content (AvgIpc) is 2.80. The van der Waals surface area contributed by atoms with Gasteiger partial charge in [0.05, 0.1) is 12.1 Å². The van der Waals surface area contributed by atoms with Crippen LogP contribution >= 0.6 is 23.2 Å². The molecular formula is C18H10Cl2F3NO2. The summed E-state index contributed by atoms with van der Waals surface area (Å²) in [6.07, 6.45) is -4.97. The number of amides is 2. The summed E-state index contributed by atoms with van der Waals surface area (Å²) in [6, 6.07) is 11.5. The molecule has 3 rings (SSSR count). The molecule has 0 bridgehead atoms. The lowest BCUT2D eigenvalue weighted by molar-refractivity contribution is -0.142. The highest BCUT2D eigenvalue weighted by Crippen LogP contribution is 2.40. The van der Waals surface area contributed by atoms with E-state index in [0.29, 0.717) is 20.5 Å². The van der Waals surface area contributed by atoms with E-state index in [1.54, 1.807) is 18.2 Å². The number of halogens is 5. The topological polar surface area (TPSA) is 37.4 Å². The molecule has 1 aliphatic rings. The van der Waals surface area contributed by atoms with Gasteiger partial charge < -0.3 is 0 Å². The van der Waals surface area contributed by atoms with Crippen molar-refractivity contribution in [3.63, 3.8) is 0 Å². The number of carbonyl (C=O) groups excluding carboxylic acids is 2. The largest absolute Gasteiger partial charge is 0.422 e. The van der Waals surface area contributed by atoms with E-state index in [1.807, 2.05) is 0 Å². The van der Waals surface area contributed by atoms with Crippen LogP contribution in [0.25, 0.3) is 5.57 Å². The first-order valence-corrected chi connectivity index (χ1v) is 8.12. The fourth-order valence-electron chi connectivity index (χ4n) is 2.68. The molecule has 0 radical (unpaired) electrons. The number of hydrogen-bond donors (Lipinski definition) is 0. The molecule has 2 aromatic carbocycles. The van der Waals surface area contributed by atoms with Crippen molar-refractivity contribution in [2.24, 2.45) is 0 Å². The summed E-state index contributed by atoms with van der Waals surface area (Å²) in [7, 11) is 0. The molecule has 3 nitrogen and oxygen atoms in total. The summed E-state index contributed by atoms with van der Waals surface area (Å²) in [5, 5.41) is 0.652. The molecule has 0 aromatic heterocycles. The van der Waals surface area contributed by atoms with Crippen molar-refractivity contribution in [3.05, 3.63) is 75.3 Å². The molecule has 8 heteroatoms. The molecule has 134 valence electrons. The van der Waals surface area contributed by atoms with Crippen LogP contribution in [0.1, 0.15) is 11.1 Å². The molecule has 0 fully saturated rings. The Morgan fingerprint density at radius 1 is 0.885 bits per heavy atom. The van der Waals surface area contributed by atoms with Gasteiger partial charge in [0.1, 0.15) is 5.57 Å². The van der Waals surface area contributed by atoms with Gasteiger partial charge in [0.15, 0.2) is 0 Å². The first-order valence-electron chi connectivity index (χ1n) is 7.36. The predicted octanol–water partition coefficient (Wildman–Crippen LogP) is 4.88. The van der Waals surface area contributed by atoms with E-state index in [2.05, 4.69) is 0 Å². The van der Waals surface area contributed by atoms with Crippen LogP contribution in [0.15, 0.2) is 54.1 Å². The number of alkyl halides is 3. The monoisotopic (exact) mass is 399 g/mol. The summed E-state index contributed by atoms with van der Waals surface area (Å²) in [6.45, 7) is -0.311. The van der Waals surface area contributed by atoms with E-state index >= 15 is 0 Å². The van der Waals surface area contributed by atoms with Gasteiger partial charge >= 0.3 is 6.18 Å². The van der Waals surface area contributed by atoms with E-state index in [9.17, 15) is 22.8 Å². The van der Waals surface area contributed by atoms with Crippen molar-refractivity contribution >= 4 is 40.6 Å². The fourth-order valence-corrected chi connectivity index (χ4v) is 3.02. The molecule has 2 amide bonds. The van der Waals surface area contributed by atoms with Crippen molar-refractivity contribution in [1.82, 2.24) is 4.90 Å². The zero-order valence-corrected chi connectivity index (χ0v) is 14.5. The Labute approximate surface area is 156 Å². The highest BCUT2D eigenvalue weighted by atomic mass is 35.5. The zero-order chi connectivity index (χ0) is 19.1. The molecule has 0 atom stereocenters.